The molecule has 1 aliphatic heterocycles. The maximum absolute atomic E-state index is 11.2. The Hall–Kier alpha value is -4.70. The molecule has 5 aromatic rings. The highest BCUT2D eigenvalue weighted by Crippen LogP contribution is 2.40. The van der Waals surface area contributed by atoms with Crippen LogP contribution in [-0.4, -0.2) is 98.0 Å². The number of phenols is 2. The summed E-state index contributed by atoms with van der Waals surface area (Å²) in [6.45, 7) is 3.59. The van der Waals surface area contributed by atoms with Crippen LogP contribution in [0.25, 0.3) is 11.2 Å². The van der Waals surface area contributed by atoms with E-state index in [1.165, 1.54) is 4.80 Å². The lowest BCUT2D eigenvalue weighted by molar-refractivity contribution is 0.00472. The van der Waals surface area contributed by atoms with Gasteiger partial charge in [0.15, 0.2) is 17.3 Å². The van der Waals surface area contributed by atoms with Gasteiger partial charge in [-0.3, -0.25) is 0 Å². The predicted octanol–water partition coefficient (Wildman–Crippen LogP) is 0.952. The highest BCUT2D eigenvalue weighted by atomic mass is 16.3. The lowest BCUT2D eigenvalue weighted by Crippen LogP contribution is -2.31. The molecule has 2 aromatic carbocycles. The molecule has 1 unspecified atom stereocenters. The third kappa shape index (κ3) is 5.51. The van der Waals surface area contributed by atoms with Gasteiger partial charge >= 0.3 is 0 Å². The van der Waals surface area contributed by atoms with Gasteiger partial charge in [-0.05, 0) is 47.0 Å². The van der Waals surface area contributed by atoms with E-state index in [-0.39, 0.29) is 29.4 Å². The van der Waals surface area contributed by atoms with E-state index in [4.69, 9.17) is 20.7 Å². The Kier molecular flexibility index (Phi) is 7.98. The number of benzene rings is 2. The van der Waals surface area contributed by atoms with Crippen molar-refractivity contribution in [2.45, 2.75) is 61.9 Å². The summed E-state index contributed by atoms with van der Waals surface area (Å²) in [7, 11) is 0. The number of aliphatic hydroxyl groups is 2. The summed E-state index contributed by atoms with van der Waals surface area (Å²) >= 11 is 0. The topological polar surface area (TPSA) is 218 Å². The number of hydrogen-bond donors (Lipinski definition) is 7. The van der Waals surface area contributed by atoms with Crippen molar-refractivity contribution in [1.82, 2.24) is 45.0 Å². The van der Waals surface area contributed by atoms with E-state index in [0.717, 1.165) is 11.1 Å². The van der Waals surface area contributed by atoms with E-state index in [1.807, 2.05) is 31.2 Å². The number of tetrazole rings is 1. The van der Waals surface area contributed by atoms with Gasteiger partial charge in [0.1, 0.15) is 41.1 Å². The number of imidazole rings is 1. The van der Waals surface area contributed by atoms with E-state index in [0.29, 0.717) is 61.1 Å². The van der Waals surface area contributed by atoms with Crippen molar-refractivity contribution < 1.29 is 20.4 Å². The molecular formula is C31H37N11O4. The number of aromatic hydroxyl groups is 2. The largest absolute Gasteiger partial charge is 0.508 e. The highest BCUT2D eigenvalue weighted by Gasteiger charge is 2.45. The van der Waals surface area contributed by atoms with Crippen LogP contribution < -0.4 is 16.4 Å². The van der Waals surface area contributed by atoms with Gasteiger partial charge < -0.3 is 41.4 Å². The number of rotatable bonds is 9. The lowest BCUT2D eigenvalue weighted by atomic mass is 9.91. The molecule has 7 rings (SSSR count). The number of aryl methyl sites for hydroxylation is 1. The Balaban J connectivity index is 1.25. The number of anilines is 1. The lowest BCUT2D eigenvalue weighted by Gasteiger charge is -2.21. The first kappa shape index (κ1) is 30.0. The summed E-state index contributed by atoms with van der Waals surface area (Å²) in [5, 5.41) is 61.4. The number of phenolic OH excluding ortho intramolecular Hbond substituents is 2. The van der Waals surface area contributed by atoms with Crippen molar-refractivity contribution in [2.75, 3.05) is 25.0 Å². The maximum atomic E-state index is 11.2. The zero-order chi connectivity index (χ0) is 31.9. The minimum Gasteiger partial charge on any atom is -0.508 e. The quantitative estimate of drug-likeness (QED) is 0.121. The van der Waals surface area contributed by atoms with E-state index in [9.17, 15) is 20.4 Å². The fraction of sp³-hybridized carbons (Fsp3) is 0.419. The third-order valence-electron chi connectivity index (χ3n) is 9.16. The number of aliphatic hydroxyl groups excluding tert-OH is 2. The van der Waals surface area contributed by atoms with Crippen LogP contribution in [0, 0.1) is 0 Å². The summed E-state index contributed by atoms with van der Waals surface area (Å²) in [6, 6.07) is 12.7. The smallest absolute Gasteiger partial charge is 0.174 e. The average Bonchev–Trinajstić information content (AvgIpc) is 3.86. The number of aromatic nitrogens is 8. The van der Waals surface area contributed by atoms with Gasteiger partial charge in [0.25, 0.3) is 0 Å². The predicted molar refractivity (Wildman–Crippen MR) is 167 cm³/mol. The van der Waals surface area contributed by atoms with Crippen molar-refractivity contribution in [3.63, 3.8) is 0 Å². The van der Waals surface area contributed by atoms with Gasteiger partial charge in [-0.2, -0.15) is 4.80 Å². The molecule has 0 bridgehead atoms. The second-order valence-electron chi connectivity index (χ2n) is 12.0. The first-order valence-corrected chi connectivity index (χ1v) is 15.5. The second-order valence-corrected chi connectivity index (χ2v) is 12.0. The summed E-state index contributed by atoms with van der Waals surface area (Å²) in [6.07, 6.45) is 0.313. The summed E-state index contributed by atoms with van der Waals surface area (Å²) in [4.78, 5) is 15.9. The molecule has 0 amide bonds. The minimum atomic E-state index is -1.13. The van der Waals surface area contributed by atoms with E-state index < -0.39 is 24.3 Å². The number of nitrogens with one attached hydrogen (secondary N) is 2. The molecule has 46 heavy (non-hydrogen) atoms. The van der Waals surface area contributed by atoms with Gasteiger partial charge in [0, 0.05) is 43.9 Å². The first-order valence-electron chi connectivity index (χ1n) is 15.5. The van der Waals surface area contributed by atoms with Crippen LogP contribution in [0.3, 0.4) is 0 Å². The fourth-order valence-electron chi connectivity index (χ4n) is 6.52. The summed E-state index contributed by atoms with van der Waals surface area (Å²) in [5.74, 6) is 1.65. The summed E-state index contributed by atoms with van der Waals surface area (Å²) in [5.41, 5.74) is 9.38. The van der Waals surface area contributed by atoms with Crippen LogP contribution in [0.5, 0.6) is 11.5 Å². The molecule has 8 N–H and O–H groups in total. The van der Waals surface area contributed by atoms with Gasteiger partial charge in [-0.15, -0.1) is 10.2 Å². The van der Waals surface area contributed by atoms with Crippen LogP contribution >= 0.6 is 0 Å². The molecule has 4 heterocycles. The van der Waals surface area contributed by atoms with Crippen molar-refractivity contribution in [2.24, 2.45) is 5.73 Å². The zero-order valence-electron chi connectivity index (χ0n) is 25.2. The molecule has 2 fully saturated rings. The molecule has 1 aliphatic carbocycles. The SMILES string of the molecule is CCc1nnn([C@H]2C[C@@H](n3cnc4c(NCC(c5ccc(O)cc5)c5ccc(O)cc5)nc(C5CNC[C@@H]5N)nc43)[C@H](O)[C@@H]2O)n1. The van der Waals surface area contributed by atoms with Crippen LogP contribution in [-0.2, 0) is 6.42 Å². The summed E-state index contributed by atoms with van der Waals surface area (Å²) < 4.78 is 1.79. The third-order valence-corrected chi connectivity index (χ3v) is 9.16. The number of nitrogens with two attached hydrogens (primary N) is 1. The normalized spacial score (nSPS) is 24.7. The molecule has 15 nitrogen and oxygen atoms in total. The van der Waals surface area contributed by atoms with E-state index in [2.05, 4.69) is 26.0 Å². The Labute approximate surface area is 264 Å². The Bertz CT molecular complexity index is 1760. The Morgan fingerprint density at radius 3 is 2.24 bits per heavy atom. The molecule has 1 saturated heterocycles. The Morgan fingerprint density at radius 2 is 1.63 bits per heavy atom. The number of hydrogen-bond acceptors (Lipinski definition) is 13. The van der Waals surface area contributed by atoms with E-state index in [1.54, 1.807) is 35.2 Å². The standard InChI is InChI=1S/C31H37N11O4/c1-2-25-38-40-42(39-25)24-11-23(27(45)28(24)46)41-15-35-26-30(36-29(37-31(26)41)21-12-33-14-22(21)32)34-13-20(16-3-7-18(43)8-4-16)17-5-9-19(44)10-6-17/h3-10,15,20-24,27-28,33,43-46H,2,11-14,32H2,1H3,(H,34,36,37)/t21?,22-,23+,24-,27-,28+/m0/s1. The molecule has 3 aromatic heterocycles. The van der Waals surface area contributed by atoms with Crippen molar-refractivity contribution in [3.05, 3.63) is 77.6 Å². The van der Waals surface area contributed by atoms with Gasteiger partial charge in [0.05, 0.1) is 12.4 Å². The number of fused-ring (bicyclic) bond motifs is 1. The zero-order valence-corrected chi connectivity index (χ0v) is 25.2. The van der Waals surface area contributed by atoms with Crippen molar-refractivity contribution in [3.8, 4) is 11.5 Å². The number of nitrogens with zero attached hydrogens (tertiary/aromatic N) is 8. The average molecular weight is 628 g/mol. The van der Waals surface area contributed by atoms with Crippen LogP contribution in [0.1, 0.15) is 60.0 Å². The molecule has 15 heteroatoms. The first-order chi connectivity index (χ1) is 22.3. The van der Waals surface area contributed by atoms with Crippen molar-refractivity contribution >= 4 is 17.0 Å². The minimum absolute atomic E-state index is 0.142. The molecule has 1 saturated carbocycles. The van der Waals surface area contributed by atoms with Gasteiger partial charge in [-0.25, -0.2) is 15.0 Å². The monoisotopic (exact) mass is 627 g/mol. The molecule has 2 aliphatic rings. The molecule has 0 spiro atoms. The van der Waals surface area contributed by atoms with Crippen LogP contribution in [0.4, 0.5) is 5.82 Å². The maximum Gasteiger partial charge on any atom is 0.174 e. The van der Waals surface area contributed by atoms with Crippen LogP contribution in [0.15, 0.2) is 54.9 Å². The molecule has 0 radical (unpaired) electrons. The molecule has 6 atom stereocenters. The second kappa shape index (κ2) is 12.2. The highest BCUT2D eigenvalue weighted by molar-refractivity contribution is 5.83. The van der Waals surface area contributed by atoms with Gasteiger partial charge in [-0.1, -0.05) is 31.2 Å². The molecule has 240 valence electrons. The Morgan fingerprint density at radius 1 is 0.957 bits per heavy atom. The van der Waals surface area contributed by atoms with E-state index >= 15 is 0 Å². The fourth-order valence-corrected chi connectivity index (χ4v) is 6.52. The van der Waals surface area contributed by atoms with Crippen LogP contribution in [0.2, 0.25) is 0 Å². The molecular weight excluding hydrogens is 590 g/mol. The van der Waals surface area contributed by atoms with Crippen molar-refractivity contribution in [1.29, 1.82) is 0 Å². The van der Waals surface area contributed by atoms with Gasteiger partial charge in [0.2, 0.25) is 0 Å².